The third-order valence-electron chi connectivity index (χ3n) is 2.65. The molecule has 0 heterocycles. The molecule has 0 aromatic rings. The number of aliphatic carboxylic acids is 1. The summed E-state index contributed by atoms with van der Waals surface area (Å²) in [6.45, 7) is 4.92. The third-order valence-corrected chi connectivity index (χ3v) is 2.65. The van der Waals surface area contributed by atoms with Gasteiger partial charge in [0.25, 0.3) is 0 Å². The highest BCUT2D eigenvalue weighted by Crippen LogP contribution is 2.07. The van der Waals surface area contributed by atoms with Gasteiger partial charge in [-0.05, 0) is 13.8 Å². The van der Waals surface area contributed by atoms with Crippen molar-refractivity contribution in [2.24, 2.45) is 5.92 Å². The minimum absolute atomic E-state index is 0.175. The van der Waals surface area contributed by atoms with Crippen molar-refractivity contribution in [3.05, 3.63) is 0 Å². The molecular weight excluding hydrogens is 252 g/mol. The Bertz CT molecular complexity index is 343. The van der Waals surface area contributed by atoms with Crippen LogP contribution in [0.25, 0.3) is 0 Å². The number of carboxylic acids is 1. The highest BCUT2D eigenvalue weighted by molar-refractivity contribution is 5.81. The number of ether oxygens (including phenoxy) is 1. The van der Waals surface area contributed by atoms with Crippen molar-refractivity contribution in [1.82, 2.24) is 9.80 Å². The molecule has 1 N–H and O–H groups in total. The van der Waals surface area contributed by atoms with Crippen LogP contribution >= 0.6 is 0 Å². The molecule has 0 aromatic carbocycles. The van der Waals surface area contributed by atoms with Gasteiger partial charge in [-0.25, -0.2) is 4.79 Å². The first-order valence-corrected chi connectivity index (χ1v) is 6.02. The first-order valence-electron chi connectivity index (χ1n) is 6.02. The molecule has 0 saturated heterocycles. The van der Waals surface area contributed by atoms with Gasteiger partial charge in [0.1, 0.15) is 6.54 Å². The van der Waals surface area contributed by atoms with E-state index in [9.17, 15) is 14.4 Å². The molecule has 7 nitrogen and oxygen atoms in total. The Morgan fingerprint density at radius 3 is 2.11 bits per heavy atom. The smallest absolute Gasteiger partial charge is 0.323 e. The van der Waals surface area contributed by atoms with Crippen LogP contribution in [0.5, 0.6) is 0 Å². The Balaban J connectivity index is 4.67. The van der Waals surface area contributed by atoms with E-state index >= 15 is 0 Å². The molecule has 0 bridgehead atoms. The molecular formula is C12H22N2O5. The highest BCUT2D eigenvalue weighted by atomic mass is 16.5. The number of carbonyl (C=O) groups is 3. The molecule has 0 fully saturated rings. The van der Waals surface area contributed by atoms with Crippen LogP contribution in [0.2, 0.25) is 0 Å². The Morgan fingerprint density at radius 1 is 1.21 bits per heavy atom. The van der Waals surface area contributed by atoms with Crippen molar-refractivity contribution in [2.45, 2.75) is 26.8 Å². The summed E-state index contributed by atoms with van der Waals surface area (Å²) in [6, 6.07) is -0.660. The largest absolute Gasteiger partial charge is 0.480 e. The van der Waals surface area contributed by atoms with Crippen molar-refractivity contribution in [3.63, 3.8) is 0 Å². The van der Waals surface area contributed by atoms with Crippen molar-refractivity contribution < 1.29 is 24.2 Å². The van der Waals surface area contributed by atoms with Crippen molar-refractivity contribution in [1.29, 1.82) is 0 Å². The monoisotopic (exact) mass is 274 g/mol. The lowest BCUT2D eigenvalue weighted by atomic mass is 10.2. The van der Waals surface area contributed by atoms with Crippen molar-refractivity contribution >= 4 is 18.0 Å². The minimum atomic E-state index is -1.07. The van der Waals surface area contributed by atoms with Crippen molar-refractivity contribution in [2.75, 3.05) is 27.2 Å². The zero-order valence-electron chi connectivity index (χ0n) is 12.0. The first-order chi connectivity index (χ1) is 8.70. The molecule has 0 saturated carbocycles. The Morgan fingerprint density at radius 2 is 1.74 bits per heavy atom. The number of hydrogen-bond donors (Lipinski definition) is 1. The molecule has 1 atom stereocenters. The molecule has 19 heavy (non-hydrogen) atoms. The fourth-order valence-electron chi connectivity index (χ4n) is 1.60. The van der Waals surface area contributed by atoms with Gasteiger partial charge in [0.15, 0.2) is 0 Å². The van der Waals surface area contributed by atoms with Crippen molar-refractivity contribution in [3.8, 4) is 0 Å². The van der Waals surface area contributed by atoms with Crippen LogP contribution in [0.3, 0.4) is 0 Å². The summed E-state index contributed by atoms with van der Waals surface area (Å²) < 4.78 is 4.58. The summed E-state index contributed by atoms with van der Waals surface area (Å²) in [5.74, 6) is -1.94. The fourth-order valence-corrected chi connectivity index (χ4v) is 1.60. The van der Waals surface area contributed by atoms with Gasteiger partial charge in [0, 0.05) is 19.6 Å². The normalized spacial score (nSPS) is 11.9. The summed E-state index contributed by atoms with van der Waals surface area (Å²) in [4.78, 5) is 36.7. The maximum Gasteiger partial charge on any atom is 0.323 e. The van der Waals surface area contributed by atoms with E-state index in [0.29, 0.717) is 0 Å². The fraction of sp³-hybridized carbons (Fsp3) is 0.750. The van der Waals surface area contributed by atoms with Crippen LogP contribution < -0.4 is 0 Å². The number of urea groups is 1. The van der Waals surface area contributed by atoms with Gasteiger partial charge in [-0.3, -0.25) is 9.59 Å². The van der Waals surface area contributed by atoms with Gasteiger partial charge in [0.05, 0.1) is 13.0 Å². The molecule has 0 aliphatic rings. The first kappa shape index (κ1) is 17.2. The SMILES string of the molecule is COC(=O)C(C)CN(C)C(=O)N(CC(=O)O)C(C)C. The minimum Gasteiger partial charge on any atom is -0.480 e. The van der Waals surface area contributed by atoms with E-state index in [1.165, 1.54) is 24.0 Å². The predicted molar refractivity (Wildman–Crippen MR) is 68.7 cm³/mol. The Labute approximate surface area is 113 Å². The third kappa shape index (κ3) is 5.58. The Hall–Kier alpha value is -1.79. The van der Waals surface area contributed by atoms with Crippen LogP contribution in [-0.4, -0.2) is 66.2 Å². The second-order valence-corrected chi connectivity index (χ2v) is 4.70. The number of esters is 1. The number of rotatable bonds is 6. The molecule has 0 aromatic heterocycles. The summed E-state index contributed by atoms with van der Waals surface area (Å²) in [5.41, 5.74) is 0. The van der Waals surface area contributed by atoms with Crippen LogP contribution in [0.1, 0.15) is 20.8 Å². The van der Waals surface area contributed by atoms with E-state index in [1.807, 2.05) is 0 Å². The second kappa shape index (κ2) is 7.60. The highest BCUT2D eigenvalue weighted by Gasteiger charge is 2.25. The van der Waals surface area contributed by atoms with Crippen LogP contribution in [0, 0.1) is 5.92 Å². The Kier molecular flexibility index (Phi) is 6.89. The second-order valence-electron chi connectivity index (χ2n) is 4.70. The van der Waals surface area contributed by atoms with Gasteiger partial charge < -0.3 is 19.6 Å². The quantitative estimate of drug-likeness (QED) is 0.718. The zero-order chi connectivity index (χ0) is 15.2. The van der Waals surface area contributed by atoms with Gasteiger partial charge in [-0.15, -0.1) is 0 Å². The summed E-state index contributed by atoms with van der Waals surface area (Å²) >= 11 is 0. The maximum atomic E-state index is 12.1. The van der Waals surface area contributed by atoms with E-state index in [2.05, 4.69) is 4.74 Å². The van der Waals surface area contributed by atoms with Gasteiger partial charge in [0.2, 0.25) is 0 Å². The lowest BCUT2D eigenvalue weighted by Gasteiger charge is -2.30. The summed E-state index contributed by atoms with van der Waals surface area (Å²) in [7, 11) is 2.81. The summed E-state index contributed by atoms with van der Waals surface area (Å²) in [6.07, 6.45) is 0. The predicted octanol–water partition coefficient (Wildman–Crippen LogP) is 0.642. The van der Waals surface area contributed by atoms with Crippen LogP contribution in [-0.2, 0) is 14.3 Å². The van der Waals surface area contributed by atoms with Crippen LogP contribution in [0.4, 0.5) is 4.79 Å². The molecule has 1 unspecified atom stereocenters. The lowest BCUT2D eigenvalue weighted by molar-refractivity contribution is -0.145. The standard InChI is InChI=1S/C12H22N2O5/c1-8(2)14(7-10(15)16)12(18)13(4)6-9(3)11(17)19-5/h8-9H,6-7H2,1-5H3,(H,15,16). The average molecular weight is 274 g/mol. The molecule has 7 heteroatoms. The maximum absolute atomic E-state index is 12.1. The number of methoxy groups -OCH3 is 1. The van der Waals surface area contributed by atoms with E-state index in [1.54, 1.807) is 20.8 Å². The van der Waals surface area contributed by atoms with Gasteiger partial charge >= 0.3 is 18.0 Å². The molecule has 0 radical (unpaired) electrons. The van der Waals surface area contributed by atoms with E-state index < -0.39 is 23.9 Å². The molecule has 0 rings (SSSR count). The average Bonchev–Trinajstić information content (AvgIpc) is 2.33. The molecule has 0 aliphatic carbocycles. The van der Waals surface area contributed by atoms with E-state index in [4.69, 9.17) is 5.11 Å². The van der Waals surface area contributed by atoms with E-state index in [0.717, 1.165) is 0 Å². The van der Waals surface area contributed by atoms with Gasteiger partial charge in [-0.1, -0.05) is 6.92 Å². The number of carboxylic acid groups (broad SMARTS) is 1. The number of amides is 2. The molecule has 110 valence electrons. The van der Waals surface area contributed by atoms with E-state index in [-0.39, 0.29) is 19.1 Å². The topological polar surface area (TPSA) is 87.2 Å². The van der Waals surface area contributed by atoms with Gasteiger partial charge in [-0.2, -0.15) is 0 Å². The number of carbonyl (C=O) groups excluding carboxylic acids is 2. The van der Waals surface area contributed by atoms with Crippen LogP contribution in [0.15, 0.2) is 0 Å². The molecule has 0 spiro atoms. The number of nitrogens with zero attached hydrogens (tertiary/aromatic N) is 2. The lowest BCUT2D eigenvalue weighted by Crippen LogP contribution is -2.48. The molecule has 0 aliphatic heterocycles. The summed E-state index contributed by atoms with van der Waals surface area (Å²) in [5, 5.41) is 8.79. The zero-order valence-corrected chi connectivity index (χ0v) is 12.0. The number of hydrogen-bond acceptors (Lipinski definition) is 4. The molecule has 2 amide bonds.